The predicted molar refractivity (Wildman–Crippen MR) is 118 cm³/mol. The zero-order chi connectivity index (χ0) is 20.7. The van der Waals surface area contributed by atoms with E-state index in [1.165, 1.54) is 19.1 Å². The first-order chi connectivity index (χ1) is 14.6. The lowest BCUT2D eigenvalue weighted by Gasteiger charge is -2.37. The zero-order valence-corrected chi connectivity index (χ0v) is 18.4. The smallest absolute Gasteiger partial charge is 0.409 e. The van der Waals surface area contributed by atoms with E-state index in [4.69, 9.17) is 4.74 Å². The number of amides is 2. The van der Waals surface area contributed by atoms with Crippen LogP contribution in [0.25, 0.3) is 0 Å². The largest absolute Gasteiger partial charge is 0.453 e. The normalized spacial score (nSPS) is 31.2. The lowest BCUT2D eigenvalue weighted by atomic mass is 9.89. The first kappa shape index (κ1) is 20.0. The molecule has 3 atom stereocenters. The van der Waals surface area contributed by atoms with Crippen LogP contribution in [0.1, 0.15) is 50.1 Å². The van der Waals surface area contributed by atoms with E-state index in [1.807, 2.05) is 22.7 Å². The van der Waals surface area contributed by atoms with Crippen LogP contribution in [0.15, 0.2) is 41.3 Å². The van der Waals surface area contributed by atoms with E-state index in [-0.39, 0.29) is 22.8 Å². The number of hydrogen-bond acceptors (Lipinski definition) is 4. The van der Waals surface area contributed by atoms with Crippen LogP contribution in [-0.4, -0.2) is 53.3 Å². The van der Waals surface area contributed by atoms with Gasteiger partial charge in [-0.2, -0.15) is 0 Å². The fourth-order valence-electron chi connectivity index (χ4n) is 5.81. The predicted octanol–water partition coefficient (Wildman–Crippen LogP) is 4.61. The molecule has 30 heavy (non-hydrogen) atoms. The number of likely N-dealkylation sites (tertiary alicyclic amines) is 2. The van der Waals surface area contributed by atoms with Gasteiger partial charge in [0.25, 0.3) is 5.91 Å². The fourth-order valence-corrected chi connectivity index (χ4v) is 7.40. The molecule has 1 saturated carbocycles. The third-order valence-electron chi connectivity index (χ3n) is 7.55. The van der Waals surface area contributed by atoms with E-state index in [1.54, 1.807) is 0 Å². The van der Waals surface area contributed by atoms with Crippen molar-refractivity contribution in [1.29, 1.82) is 0 Å². The van der Waals surface area contributed by atoms with Crippen molar-refractivity contribution in [3.63, 3.8) is 0 Å². The first-order valence-corrected chi connectivity index (χ1v) is 12.1. The van der Waals surface area contributed by atoms with Crippen molar-refractivity contribution < 1.29 is 14.3 Å². The highest BCUT2D eigenvalue weighted by Gasteiger charge is 2.65. The van der Waals surface area contributed by atoms with Gasteiger partial charge >= 0.3 is 6.09 Å². The number of nitrogens with zero attached hydrogens (tertiary/aromatic N) is 2. The number of rotatable bonds is 3. The number of thioether (sulfide) groups is 1. The van der Waals surface area contributed by atoms with Crippen LogP contribution in [0.4, 0.5) is 4.79 Å². The monoisotopic (exact) mass is 426 g/mol. The maximum atomic E-state index is 13.6. The SMILES string of the molecule is COC(=O)N1CCC(C23CC2C(C(=O)N2CCCCC2c2ccccc2)=CS3)CC1. The molecule has 0 bridgehead atoms. The number of carbonyl (C=O) groups is 2. The highest BCUT2D eigenvalue weighted by molar-refractivity contribution is 8.04. The Kier molecular flexibility index (Phi) is 5.30. The summed E-state index contributed by atoms with van der Waals surface area (Å²) < 4.78 is 5.07. The van der Waals surface area contributed by atoms with Crippen LogP contribution >= 0.6 is 11.8 Å². The van der Waals surface area contributed by atoms with Gasteiger partial charge in [-0.1, -0.05) is 30.3 Å². The van der Waals surface area contributed by atoms with Gasteiger partial charge < -0.3 is 14.5 Å². The van der Waals surface area contributed by atoms with Gasteiger partial charge in [-0.15, -0.1) is 11.8 Å². The Balaban J connectivity index is 1.26. The van der Waals surface area contributed by atoms with Crippen molar-refractivity contribution in [2.45, 2.75) is 49.3 Å². The summed E-state index contributed by atoms with van der Waals surface area (Å²) in [4.78, 5) is 29.3. The summed E-state index contributed by atoms with van der Waals surface area (Å²) in [6.07, 6.45) is 6.23. The van der Waals surface area contributed by atoms with Crippen molar-refractivity contribution in [2.24, 2.45) is 11.8 Å². The minimum atomic E-state index is -0.219. The molecule has 6 heteroatoms. The van der Waals surface area contributed by atoms with Crippen LogP contribution in [0.5, 0.6) is 0 Å². The van der Waals surface area contributed by atoms with Crippen LogP contribution in [0.2, 0.25) is 0 Å². The molecule has 0 N–H and O–H groups in total. The van der Waals surface area contributed by atoms with E-state index in [0.717, 1.165) is 57.3 Å². The number of carbonyl (C=O) groups excluding carboxylic acids is 2. The molecule has 0 aromatic heterocycles. The fraction of sp³-hybridized carbons (Fsp3) is 0.583. The minimum Gasteiger partial charge on any atom is -0.453 e. The Morgan fingerprint density at radius 1 is 1.07 bits per heavy atom. The summed E-state index contributed by atoms with van der Waals surface area (Å²) in [6.45, 7) is 2.38. The van der Waals surface area contributed by atoms with E-state index in [0.29, 0.717) is 11.8 Å². The molecular formula is C24H30N2O3S. The average molecular weight is 427 g/mol. The molecule has 1 aliphatic carbocycles. The molecule has 3 heterocycles. The highest BCUT2D eigenvalue weighted by atomic mass is 32.2. The van der Waals surface area contributed by atoms with Gasteiger partial charge in [0.2, 0.25) is 0 Å². The Morgan fingerprint density at radius 2 is 1.83 bits per heavy atom. The van der Waals surface area contributed by atoms with Crippen molar-refractivity contribution in [3.8, 4) is 0 Å². The second-order valence-electron chi connectivity index (χ2n) is 9.05. The van der Waals surface area contributed by atoms with Gasteiger partial charge in [0.1, 0.15) is 0 Å². The van der Waals surface area contributed by atoms with Gasteiger partial charge in [0.15, 0.2) is 0 Å². The molecule has 160 valence electrons. The van der Waals surface area contributed by atoms with E-state index in [9.17, 15) is 9.59 Å². The molecule has 1 aromatic rings. The Bertz CT molecular complexity index is 849. The van der Waals surface area contributed by atoms with Crippen LogP contribution in [0, 0.1) is 11.8 Å². The van der Waals surface area contributed by atoms with Crippen molar-refractivity contribution in [3.05, 3.63) is 46.9 Å². The van der Waals surface area contributed by atoms with Crippen molar-refractivity contribution in [1.82, 2.24) is 9.80 Å². The summed E-state index contributed by atoms with van der Waals surface area (Å²) in [7, 11) is 1.45. The van der Waals surface area contributed by atoms with Gasteiger partial charge in [0.05, 0.1) is 13.2 Å². The molecule has 5 rings (SSSR count). The summed E-state index contributed by atoms with van der Waals surface area (Å²) in [5, 5.41) is 2.17. The molecule has 3 aliphatic heterocycles. The van der Waals surface area contributed by atoms with Gasteiger partial charge in [-0.3, -0.25) is 4.79 Å². The molecular weight excluding hydrogens is 396 g/mol. The zero-order valence-electron chi connectivity index (χ0n) is 17.6. The molecule has 2 amide bonds. The molecule has 0 spiro atoms. The number of hydrogen-bond donors (Lipinski definition) is 0. The lowest BCUT2D eigenvalue weighted by Crippen LogP contribution is -2.41. The third-order valence-corrected chi connectivity index (χ3v) is 9.14. The molecule has 1 aromatic carbocycles. The van der Waals surface area contributed by atoms with E-state index >= 15 is 0 Å². The number of piperidine rings is 2. The maximum absolute atomic E-state index is 13.6. The third kappa shape index (κ3) is 3.33. The van der Waals surface area contributed by atoms with Crippen LogP contribution in [0.3, 0.4) is 0 Å². The second-order valence-corrected chi connectivity index (χ2v) is 10.3. The topological polar surface area (TPSA) is 49.9 Å². The summed E-state index contributed by atoms with van der Waals surface area (Å²) >= 11 is 1.89. The molecule has 0 radical (unpaired) electrons. The van der Waals surface area contributed by atoms with Crippen molar-refractivity contribution >= 4 is 23.8 Å². The molecule has 2 saturated heterocycles. The summed E-state index contributed by atoms with van der Waals surface area (Å²) in [5.74, 6) is 1.22. The number of methoxy groups -OCH3 is 1. The second kappa shape index (κ2) is 7.95. The number of ether oxygens (including phenoxy) is 1. The number of fused-ring (bicyclic) bond motifs is 1. The van der Waals surface area contributed by atoms with E-state index < -0.39 is 0 Å². The molecule has 5 nitrogen and oxygen atoms in total. The lowest BCUT2D eigenvalue weighted by molar-refractivity contribution is -0.131. The minimum absolute atomic E-state index is 0.200. The molecule has 3 unspecified atom stereocenters. The van der Waals surface area contributed by atoms with Crippen LogP contribution < -0.4 is 0 Å². The Hall–Kier alpha value is -1.95. The summed E-state index contributed by atoms with van der Waals surface area (Å²) in [6, 6.07) is 10.7. The van der Waals surface area contributed by atoms with Gasteiger partial charge in [-0.25, -0.2) is 4.79 Å². The highest BCUT2D eigenvalue weighted by Crippen LogP contribution is 2.69. The number of benzene rings is 1. The average Bonchev–Trinajstić information content (AvgIpc) is 3.43. The quantitative estimate of drug-likeness (QED) is 0.708. The van der Waals surface area contributed by atoms with E-state index in [2.05, 4.69) is 34.6 Å². The maximum Gasteiger partial charge on any atom is 0.409 e. The van der Waals surface area contributed by atoms with Crippen LogP contribution in [-0.2, 0) is 9.53 Å². The molecule has 4 aliphatic rings. The molecule has 3 fully saturated rings. The summed E-state index contributed by atoms with van der Waals surface area (Å²) in [5.41, 5.74) is 2.30. The first-order valence-electron chi connectivity index (χ1n) is 11.2. The van der Waals surface area contributed by atoms with Crippen molar-refractivity contribution in [2.75, 3.05) is 26.7 Å². The Labute approximate surface area is 182 Å². The standard InChI is InChI=1S/C24H30N2O3S/c1-29-23(28)25-13-10-18(11-14-25)24-15-20(24)19(16-30-24)22(27)26-12-6-5-9-21(26)17-7-3-2-4-8-17/h2-4,7-8,16,18,20-21H,5-6,9-15H2,1H3. The van der Waals surface area contributed by atoms with Gasteiger partial charge in [-0.05, 0) is 55.4 Å². The van der Waals surface area contributed by atoms with Gasteiger partial charge in [0, 0.05) is 35.9 Å². The Morgan fingerprint density at radius 3 is 2.53 bits per heavy atom.